The standard InChI is InChI=1S/C10H11Cl2NO/c1-2-3-8(13)10-7(12)4-6(11)5-9(10)14/h2,4-5,8,14H,1,3,13H2/t8-/m0/s1. The first-order chi connectivity index (χ1) is 6.56. The van der Waals surface area contributed by atoms with Crippen LogP contribution in [0.25, 0.3) is 0 Å². The van der Waals surface area contributed by atoms with Crippen LogP contribution in [0.1, 0.15) is 18.0 Å². The molecule has 0 aliphatic rings. The number of benzene rings is 1. The van der Waals surface area contributed by atoms with Gasteiger partial charge in [-0.1, -0.05) is 29.3 Å². The monoisotopic (exact) mass is 231 g/mol. The summed E-state index contributed by atoms with van der Waals surface area (Å²) in [5.41, 5.74) is 6.31. The van der Waals surface area contributed by atoms with E-state index in [9.17, 15) is 5.11 Å². The molecule has 0 unspecified atom stereocenters. The minimum atomic E-state index is -0.350. The zero-order valence-electron chi connectivity index (χ0n) is 7.50. The Balaban J connectivity index is 3.13. The number of halogens is 2. The van der Waals surface area contributed by atoms with Crippen molar-refractivity contribution in [2.24, 2.45) is 5.73 Å². The molecule has 0 radical (unpaired) electrons. The van der Waals surface area contributed by atoms with Crippen molar-refractivity contribution in [3.8, 4) is 5.75 Å². The van der Waals surface area contributed by atoms with E-state index < -0.39 is 0 Å². The van der Waals surface area contributed by atoms with Crippen LogP contribution in [-0.2, 0) is 0 Å². The average Bonchev–Trinajstić information content (AvgIpc) is 2.01. The van der Waals surface area contributed by atoms with E-state index in [0.29, 0.717) is 22.0 Å². The van der Waals surface area contributed by atoms with E-state index in [4.69, 9.17) is 28.9 Å². The summed E-state index contributed by atoms with van der Waals surface area (Å²) < 4.78 is 0. The Morgan fingerprint density at radius 1 is 1.50 bits per heavy atom. The van der Waals surface area contributed by atoms with E-state index in [1.807, 2.05) is 0 Å². The topological polar surface area (TPSA) is 46.2 Å². The lowest BCUT2D eigenvalue weighted by Crippen LogP contribution is -2.09. The van der Waals surface area contributed by atoms with Crippen LogP contribution in [0.4, 0.5) is 0 Å². The van der Waals surface area contributed by atoms with Crippen molar-refractivity contribution in [1.29, 1.82) is 0 Å². The van der Waals surface area contributed by atoms with Gasteiger partial charge in [0.15, 0.2) is 0 Å². The zero-order valence-corrected chi connectivity index (χ0v) is 9.02. The molecule has 0 aliphatic heterocycles. The van der Waals surface area contributed by atoms with Gasteiger partial charge in [0.05, 0.1) is 5.02 Å². The van der Waals surface area contributed by atoms with Gasteiger partial charge in [0, 0.05) is 16.6 Å². The lowest BCUT2D eigenvalue weighted by atomic mass is 10.0. The van der Waals surface area contributed by atoms with Crippen LogP contribution in [0.5, 0.6) is 5.75 Å². The Hall–Kier alpha value is -0.700. The third-order valence-electron chi connectivity index (χ3n) is 1.86. The number of nitrogens with two attached hydrogens (primary N) is 1. The molecule has 0 saturated carbocycles. The fourth-order valence-corrected chi connectivity index (χ4v) is 1.86. The largest absolute Gasteiger partial charge is 0.508 e. The third-order valence-corrected chi connectivity index (χ3v) is 2.39. The molecule has 4 heteroatoms. The summed E-state index contributed by atoms with van der Waals surface area (Å²) in [7, 11) is 0. The minimum Gasteiger partial charge on any atom is -0.508 e. The van der Waals surface area contributed by atoms with Crippen LogP contribution in [0.15, 0.2) is 24.8 Å². The molecular weight excluding hydrogens is 221 g/mol. The van der Waals surface area contributed by atoms with Crippen LogP contribution < -0.4 is 5.73 Å². The van der Waals surface area contributed by atoms with E-state index in [1.165, 1.54) is 6.07 Å². The highest BCUT2D eigenvalue weighted by molar-refractivity contribution is 6.35. The number of phenolic OH excluding ortho intramolecular Hbond substituents is 1. The molecule has 2 nitrogen and oxygen atoms in total. The number of phenols is 1. The van der Waals surface area contributed by atoms with Crippen molar-refractivity contribution >= 4 is 23.2 Å². The first kappa shape index (κ1) is 11.4. The maximum absolute atomic E-state index is 9.59. The van der Waals surface area contributed by atoms with E-state index in [2.05, 4.69) is 6.58 Å². The fourth-order valence-electron chi connectivity index (χ4n) is 1.24. The molecule has 76 valence electrons. The maximum atomic E-state index is 9.59. The van der Waals surface area contributed by atoms with Crippen molar-refractivity contribution in [1.82, 2.24) is 0 Å². The molecule has 0 saturated heterocycles. The molecule has 1 atom stereocenters. The Kier molecular flexibility index (Phi) is 3.81. The van der Waals surface area contributed by atoms with Gasteiger partial charge in [0.1, 0.15) is 5.75 Å². The lowest BCUT2D eigenvalue weighted by molar-refractivity contribution is 0.462. The highest BCUT2D eigenvalue weighted by Gasteiger charge is 2.14. The Morgan fingerprint density at radius 2 is 2.14 bits per heavy atom. The SMILES string of the molecule is C=CC[C@H](N)c1c(O)cc(Cl)cc1Cl. The van der Waals surface area contributed by atoms with Crippen molar-refractivity contribution in [3.05, 3.63) is 40.4 Å². The van der Waals surface area contributed by atoms with Crippen LogP contribution in [-0.4, -0.2) is 5.11 Å². The van der Waals surface area contributed by atoms with Gasteiger partial charge in [0.25, 0.3) is 0 Å². The molecule has 0 fully saturated rings. The Labute approximate surface area is 92.9 Å². The molecule has 0 bridgehead atoms. The molecule has 0 aliphatic carbocycles. The van der Waals surface area contributed by atoms with E-state index in [0.717, 1.165) is 0 Å². The molecule has 0 spiro atoms. The predicted molar refractivity (Wildman–Crippen MR) is 59.9 cm³/mol. The smallest absolute Gasteiger partial charge is 0.123 e. The van der Waals surface area contributed by atoms with Crippen molar-refractivity contribution in [2.45, 2.75) is 12.5 Å². The first-order valence-electron chi connectivity index (χ1n) is 4.10. The van der Waals surface area contributed by atoms with Crippen molar-refractivity contribution < 1.29 is 5.11 Å². The summed E-state index contributed by atoms with van der Waals surface area (Å²) in [5, 5.41) is 10.4. The van der Waals surface area contributed by atoms with Gasteiger partial charge in [-0.05, 0) is 18.6 Å². The minimum absolute atomic E-state index is 0.0249. The second-order valence-electron chi connectivity index (χ2n) is 2.95. The number of hydrogen-bond acceptors (Lipinski definition) is 2. The highest BCUT2D eigenvalue weighted by atomic mass is 35.5. The molecule has 0 aromatic heterocycles. The van der Waals surface area contributed by atoms with Crippen molar-refractivity contribution in [3.63, 3.8) is 0 Å². The third kappa shape index (κ3) is 2.41. The molecule has 0 amide bonds. The average molecular weight is 232 g/mol. The van der Waals surface area contributed by atoms with E-state index in [1.54, 1.807) is 12.1 Å². The molecule has 0 heterocycles. The maximum Gasteiger partial charge on any atom is 0.123 e. The Bertz CT molecular complexity index is 329. The number of rotatable bonds is 3. The Morgan fingerprint density at radius 3 is 2.64 bits per heavy atom. The molecule has 1 aromatic rings. The van der Waals surface area contributed by atoms with Gasteiger partial charge in [0.2, 0.25) is 0 Å². The van der Waals surface area contributed by atoms with Gasteiger partial charge < -0.3 is 10.8 Å². The van der Waals surface area contributed by atoms with E-state index >= 15 is 0 Å². The van der Waals surface area contributed by atoms with Gasteiger partial charge in [-0.15, -0.1) is 6.58 Å². The molecular formula is C10H11Cl2NO. The lowest BCUT2D eigenvalue weighted by Gasteiger charge is -2.13. The molecule has 1 rings (SSSR count). The summed E-state index contributed by atoms with van der Waals surface area (Å²) in [5.74, 6) is 0.0249. The zero-order chi connectivity index (χ0) is 10.7. The first-order valence-corrected chi connectivity index (χ1v) is 4.86. The highest BCUT2D eigenvalue weighted by Crippen LogP contribution is 2.34. The van der Waals surface area contributed by atoms with Crippen molar-refractivity contribution in [2.75, 3.05) is 0 Å². The summed E-state index contributed by atoms with van der Waals surface area (Å²) in [6.45, 7) is 3.57. The summed E-state index contributed by atoms with van der Waals surface area (Å²) in [4.78, 5) is 0. The van der Waals surface area contributed by atoms with Crippen LogP contribution in [0, 0.1) is 0 Å². The number of hydrogen-bond donors (Lipinski definition) is 2. The van der Waals surface area contributed by atoms with Gasteiger partial charge in [-0.25, -0.2) is 0 Å². The van der Waals surface area contributed by atoms with Gasteiger partial charge in [-0.2, -0.15) is 0 Å². The second-order valence-corrected chi connectivity index (χ2v) is 3.79. The second kappa shape index (κ2) is 4.69. The van der Waals surface area contributed by atoms with Crippen LogP contribution in [0.2, 0.25) is 10.0 Å². The van der Waals surface area contributed by atoms with Gasteiger partial charge >= 0.3 is 0 Å². The van der Waals surface area contributed by atoms with Crippen LogP contribution in [0.3, 0.4) is 0 Å². The number of aromatic hydroxyl groups is 1. The summed E-state index contributed by atoms with van der Waals surface area (Å²) >= 11 is 11.6. The molecule has 3 N–H and O–H groups in total. The molecule has 14 heavy (non-hydrogen) atoms. The quantitative estimate of drug-likeness (QED) is 0.785. The van der Waals surface area contributed by atoms with Crippen LogP contribution >= 0.6 is 23.2 Å². The summed E-state index contributed by atoms with van der Waals surface area (Å²) in [6.07, 6.45) is 2.23. The normalized spacial score (nSPS) is 12.5. The predicted octanol–water partition coefficient (Wildman–Crippen LogP) is 3.27. The summed E-state index contributed by atoms with van der Waals surface area (Å²) in [6, 6.07) is 2.63. The fraction of sp³-hybridized carbons (Fsp3) is 0.200. The van der Waals surface area contributed by atoms with Gasteiger partial charge in [-0.3, -0.25) is 0 Å². The molecule has 1 aromatic carbocycles. The van der Waals surface area contributed by atoms with E-state index in [-0.39, 0.29) is 11.8 Å².